The van der Waals surface area contributed by atoms with Crippen LogP contribution in [0.4, 0.5) is 11.4 Å². The predicted molar refractivity (Wildman–Crippen MR) is 229 cm³/mol. The van der Waals surface area contributed by atoms with E-state index >= 15 is 0 Å². The van der Waals surface area contributed by atoms with Crippen molar-refractivity contribution >= 4 is 22.8 Å². The molecule has 0 bridgehead atoms. The van der Waals surface area contributed by atoms with Gasteiger partial charge in [-0.25, -0.2) is 9.98 Å². The molecular weight excluding hydrogens is 665 g/mol. The highest BCUT2D eigenvalue weighted by molar-refractivity contribution is 6.15. The first-order chi connectivity index (χ1) is 27.1. The molecule has 2 heteroatoms. The number of nitrogens with zero attached hydrogens (tertiary/aromatic N) is 2. The number of rotatable bonds is 6. The Labute approximate surface area is 323 Å². The fourth-order valence-electron chi connectivity index (χ4n) is 9.22. The Bertz CT molecular complexity index is 2700. The number of hydrogen-bond donors (Lipinski definition) is 0. The molecule has 0 heterocycles. The molecule has 0 saturated heterocycles. The van der Waals surface area contributed by atoms with Gasteiger partial charge in [-0.3, -0.25) is 0 Å². The van der Waals surface area contributed by atoms with Crippen LogP contribution in [0.25, 0.3) is 11.1 Å². The van der Waals surface area contributed by atoms with Gasteiger partial charge in [0.25, 0.3) is 0 Å². The Morgan fingerprint density at radius 3 is 1.56 bits per heavy atom. The number of allylic oxidation sites excluding steroid dienone is 4. The summed E-state index contributed by atoms with van der Waals surface area (Å²) in [5, 5.41) is 0. The van der Waals surface area contributed by atoms with E-state index in [2.05, 4.69) is 208 Å². The van der Waals surface area contributed by atoms with Crippen molar-refractivity contribution in [2.75, 3.05) is 0 Å². The van der Waals surface area contributed by atoms with Gasteiger partial charge in [-0.1, -0.05) is 169 Å². The second-order valence-corrected chi connectivity index (χ2v) is 15.1. The number of fused-ring (bicyclic) bond motifs is 10. The van der Waals surface area contributed by atoms with Gasteiger partial charge in [-0.15, -0.1) is 0 Å². The van der Waals surface area contributed by atoms with Gasteiger partial charge >= 0.3 is 0 Å². The number of aryl methyl sites for hydroxylation is 2. The first-order valence-corrected chi connectivity index (χ1v) is 19.2. The van der Waals surface area contributed by atoms with Crippen LogP contribution in [-0.2, 0) is 5.41 Å². The third-order valence-electron chi connectivity index (χ3n) is 11.7. The van der Waals surface area contributed by atoms with Gasteiger partial charge in [0, 0.05) is 34.1 Å². The van der Waals surface area contributed by atoms with Crippen molar-refractivity contribution in [3.05, 3.63) is 250 Å². The maximum atomic E-state index is 5.35. The lowest BCUT2D eigenvalue weighted by molar-refractivity contribution is 0.465. The Morgan fingerprint density at radius 2 is 0.945 bits per heavy atom. The first kappa shape index (κ1) is 33.0. The summed E-state index contributed by atoms with van der Waals surface area (Å²) < 4.78 is 0. The van der Waals surface area contributed by atoms with Gasteiger partial charge in [0.1, 0.15) is 0 Å². The third-order valence-corrected chi connectivity index (χ3v) is 11.7. The lowest BCUT2D eigenvalue weighted by atomic mass is 9.65. The van der Waals surface area contributed by atoms with Crippen molar-refractivity contribution in [1.29, 1.82) is 0 Å². The Morgan fingerprint density at radius 1 is 0.436 bits per heavy atom. The van der Waals surface area contributed by atoms with E-state index in [-0.39, 0.29) is 11.8 Å². The molecule has 0 aromatic heterocycles. The summed E-state index contributed by atoms with van der Waals surface area (Å²) in [4.78, 5) is 10.7. The maximum absolute atomic E-state index is 5.35. The van der Waals surface area contributed by atoms with E-state index in [9.17, 15) is 0 Å². The Kier molecular flexibility index (Phi) is 7.99. The second kappa shape index (κ2) is 13.3. The van der Waals surface area contributed by atoms with Crippen molar-refractivity contribution in [1.82, 2.24) is 0 Å². The highest BCUT2D eigenvalue weighted by atomic mass is 14.8. The van der Waals surface area contributed by atoms with Gasteiger partial charge in [0.05, 0.1) is 28.2 Å². The molecule has 10 rings (SSSR count). The van der Waals surface area contributed by atoms with Crippen LogP contribution in [-0.4, -0.2) is 11.4 Å². The molecule has 0 radical (unpaired) electrons. The van der Waals surface area contributed by atoms with E-state index in [1.807, 2.05) is 0 Å². The summed E-state index contributed by atoms with van der Waals surface area (Å²) in [5.41, 5.74) is 18.3. The largest absolute Gasteiger partial charge is 0.248 e. The van der Waals surface area contributed by atoms with Crippen LogP contribution < -0.4 is 0 Å². The highest BCUT2D eigenvalue weighted by Gasteiger charge is 2.57. The molecule has 7 aromatic rings. The van der Waals surface area contributed by atoms with Crippen LogP contribution in [0.5, 0.6) is 0 Å². The van der Waals surface area contributed by atoms with E-state index in [1.54, 1.807) is 0 Å². The molecule has 0 fully saturated rings. The van der Waals surface area contributed by atoms with Crippen LogP contribution in [0.3, 0.4) is 0 Å². The fourth-order valence-corrected chi connectivity index (χ4v) is 9.22. The third kappa shape index (κ3) is 5.48. The number of benzene rings is 7. The molecule has 7 aromatic carbocycles. The summed E-state index contributed by atoms with van der Waals surface area (Å²) in [7, 11) is 0. The van der Waals surface area contributed by atoms with Crippen molar-refractivity contribution < 1.29 is 0 Å². The predicted octanol–water partition coefficient (Wildman–Crippen LogP) is 12.8. The summed E-state index contributed by atoms with van der Waals surface area (Å²) in [6.45, 7) is 4.24. The van der Waals surface area contributed by atoms with Crippen molar-refractivity contribution in [2.45, 2.75) is 25.2 Å². The normalized spacial score (nSPS) is 19.2. The first-order valence-electron chi connectivity index (χ1n) is 19.2. The molecule has 55 heavy (non-hydrogen) atoms. The zero-order chi connectivity index (χ0) is 36.9. The summed E-state index contributed by atoms with van der Waals surface area (Å²) in [6.07, 6.45) is 9.35. The van der Waals surface area contributed by atoms with Crippen LogP contribution >= 0.6 is 0 Å². The highest BCUT2D eigenvalue weighted by Crippen LogP contribution is 2.65. The molecule has 3 aliphatic carbocycles. The Hall–Kier alpha value is -6.64. The lowest BCUT2D eigenvalue weighted by Crippen LogP contribution is -2.33. The topological polar surface area (TPSA) is 24.7 Å². The number of aliphatic imine (C=N–C) groups is 2. The smallest absolute Gasteiger partial charge is 0.0781 e. The molecule has 1 spiro atoms. The van der Waals surface area contributed by atoms with E-state index in [0.29, 0.717) is 0 Å². The molecule has 0 aliphatic heterocycles. The van der Waals surface area contributed by atoms with E-state index in [1.165, 1.54) is 44.5 Å². The summed E-state index contributed by atoms with van der Waals surface area (Å²) >= 11 is 0. The molecule has 3 atom stereocenters. The van der Waals surface area contributed by atoms with Gasteiger partial charge < -0.3 is 0 Å². The van der Waals surface area contributed by atoms with Gasteiger partial charge in [-0.05, 0) is 83.6 Å². The van der Waals surface area contributed by atoms with E-state index in [4.69, 9.17) is 9.98 Å². The van der Waals surface area contributed by atoms with E-state index in [0.717, 1.165) is 45.1 Å². The summed E-state index contributed by atoms with van der Waals surface area (Å²) in [5.74, 6) is 0.435. The number of hydrogen-bond acceptors (Lipinski definition) is 2. The minimum absolute atomic E-state index is 0.198. The van der Waals surface area contributed by atoms with Gasteiger partial charge in [-0.2, -0.15) is 0 Å². The summed E-state index contributed by atoms with van der Waals surface area (Å²) in [6, 6.07) is 61.6. The molecule has 2 nitrogen and oxygen atoms in total. The lowest BCUT2D eigenvalue weighted by Gasteiger charge is -2.36. The molecule has 0 amide bonds. The van der Waals surface area contributed by atoms with Gasteiger partial charge in [0.2, 0.25) is 0 Å². The standard InChI is InChI=1S/C53H40N2/c1-35-21-27-41(28-22-35)54-51(37-13-5-3-6-14-37)39-25-31-45-43-17-9-11-19-47(43)53(49(45)33-39)48-20-12-10-18-44(48)46-32-26-40(34-50(46)53)52(38-15-7-4-8-16-38)55-42-29-23-36(2)24-30-42/h3-34,43,47H,1-2H3/b54-51+,55-52+. The monoisotopic (exact) mass is 704 g/mol. The van der Waals surface area contributed by atoms with Crippen LogP contribution in [0.2, 0.25) is 0 Å². The zero-order valence-corrected chi connectivity index (χ0v) is 31.0. The van der Waals surface area contributed by atoms with Crippen LogP contribution in [0.15, 0.2) is 204 Å². The quantitative estimate of drug-likeness (QED) is 0.154. The molecule has 0 N–H and O–H groups in total. The minimum atomic E-state index is -0.420. The SMILES string of the molecule is Cc1ccc(/N=C(\c2ccccc2)c2ccc3c(c2)C2(c4ccccc4-3)c3cc(/C(=N/c4ccc(C)cc4)c4ccccc4)ccc3C3C=CC=CC32)cc1. The maximum Gasteiger partial charge on any atom is 0.0781 e. The van der Waals surface area contributed by atoms with Crippen molar-refractivity contribution in [2.24, 2.45) is 15.9 Å². The van der Waals surface area contributed by atoms with Crippen molar-refractivity contribution in [3.63, 3.8) is 0 Å². The van der Waals surface area contributed by atoms with Crippen LogP contribution in [0, 0.1) is 19.8 Å². The zero-order valence-electron chi connectivity index (χ0n) is 31.0. The molecule has 262 valence electrons. The molecule has 3 aliphatic rings. The Balaban J connectivity index is 1.23. The molecular formula is C53H40N2. The average Bonchev–Trinajstić information content (AvgIpc) is 3.70. The second-order valence-electron chi connectivity index (χ2n) is 15.1. The average molecular weight is 705 g/mol. The van der Waals surface area contributed by atoms with Crippen LogP contribution in [0.1, 0.15) is 61.6 Å². The van der Waals surface area contributed by atoms with E-state index < -0.39 is 5.41 Å². The fraction of sp³-hybridized carbons (Fsp3) is 0.0943. The van der Waals surface area contributed by atoms with Crippen molar-refractivity contribution in [3.8, 4) is 11.1 Å². The van der Waals surface area contributed by atoms with Gasteiger partial charge in [0.15, 0.2) is 0 Å². The minimum Gasteiger partial charge on any atom is -0.248 e. The molecule has 3 unspecified atom stereocenters. The molecule has 0 saturated carbocycles.